The van der Waals surface area contributed by atoms with Gasteiger partial charge >= 0.3 is 0 Å². The van der Waals surface area contributed by atoms with Gasteiger partial charge in [0, 0.05) is 19.6 Å². The molecule has 0 radical (unpaired) electrons. The van der Waals surface area contributed by atoms with E-state index in [4.69, 9.17) is 9.72 Å². The molecule has 0 atom stereocenters. The lowest BCUT2D eigenvalue weighted by Crippen LogP contribution is -2.32. The lowest BCUT2D eigenvalue weighted by molar-refractivity contribution is 0.222. The highest BCUT2D eigenvalue weighted by Crippen LogP contribution is 2.21. The number of fused-ring (bicyclic) bond motifs is 1. The monoisotopic (exact) mass is 378 g/mol. The number of piperidine rings is 1. The molecular formula is C23H30N4O. The Morgan fingerprint density at radius 1 is 0.964 bits per heavy atom. The summed E-state index contributed by atoms with van der Waals surface area (Å²) in [5.74, 6) is 1.87. The molecule has 1 N–H and O–H groups in total. The normalized spacial score (nSPS) is 15.0. The number of hydrogen-bond donors (Lipinski definition) is 1. The molecule has 1 aliphatic rings. The Bertz CT molecular complexity index is 881. The zero-order chi connectivity index (χ0) is 19.2. The van der Waals surface area contributed by atoms with Crippen LogP contribution < -0.4 is 10.1 Å². The molecule has 1 saturated heterocycles. The van der Waals surface area contributed by atoms with Crippen molar-refractivity contribution < 1.29 is 4.74 Å². The maximum Gasteiger partial charge on any atom is 0.204 e. The van der Waals surface area contributed by atoms with Gasteiger partial charge in [0.25, 0.3) is 0 Å². The second-order valence-corrected chi connectivity index (χ2v) is 7.41. The van der Waals surface area contributed by atoms with Crippen molar-refractivity contribution in [3.8, 4) is 5.75 Å². The average Bonchev–Trinajstić information content (AvgIpc) is 3.10. The molecule has 28 heavy (non-hydrogen) atoms. The fraction of sp³-hybridized carbons (Fsp3) is 0.435. The van der Waals surface area contributed by atoms with Crippen LogP contribution in [0.2, 0.25) is 0 Å². The summed E-state index contributed by atoms with van der Waals surface area (Å²) >= 11 is 0. The molecule has 2 aromatic carbocycles. The van der Waals surface area contributed by atoms with Gasteiger partial charge in [0.2, 0.25) is 5.95 Å². The Balaban J connectivity index is 1.47. The SMILES string of the molecule is CCOc1ccc(CNc2nc3ccccc3n2CCN2CCCCC2)cc1. The zero-order valence-electron chi connectivity index (χ0n) is 16.7. The number of hydrogen-bond acceptors (Lipinski definition) is 4. The molecule has 5 nitrogen and oxygen atoms in total. The third-order valence-corrected chi connectivity index (χ3v) is 5.43. The minimum Gasteiger partial charge on any atom is -0.494 e. The molecule has 0 spiro atoms. The molecule has 3 aromatic rings. The smallest absolute Gasteiger partial charge is 0.204 e. The molecule has 2 heterocycles. The van der Waals surface area contributed by atoms with Crippen molar-refractivity contribution in [2.75, 3.05) is 31.6 Å². The van der Waals surface area contributed by atoms with E-state index in [0.29, 0.717) is 6.61 Å². The van der Waals surface area contributed by atoms with Gasteiger partial charge in [-0.15, -0.1) is 0 Å². The van der Waals surface area contributed by atoms with Crippen molar-refractivity contribution >= 4 is 17.0 Å². The number of para-hydroxylation sites is 2. The zero-order valence-corrected chi connectivity index (χ0v) is 16.7. The average molecular weight is 379 g/mol. The van der Waals surface area contributed by atoms with E-state index in [0.717, 1.165) is 36.8 Å². The summed E-state index contributed by atoms with van der Waals surface area (Å²) in [4.78, 5) is 7.43. The lowest BCUT2D eigenvalue weighted by atomic mass is 10.1. The highest BCUT2D eigenvalue weighted by Gasteiger charge is 2.14. The second-order valence-electron chi connectivity index (χ2n) is 7.41. The van der Waals surface area contributed by atoms with Gasteiger partial charge in [-0.2, -0.15) is 0 Å². The predicted octanol–water partition coefficient (Wildman–Crippen LogP) is 4.53. The van der Waals surface area contributed by atoms with Gasteiger partial charge in [-0.1, -0.05) is 30.7 Å². The van der Waals surface area contributed by atoms with Crippen LogP contribution in [-0.4, -0.2) is 40.7 Å². The minimum atomic E-state index is 0.693. The van der Waals surface area contributed by atoms with Crippen molar-refractivity contribution in [1.82, 2.24) is 14.5 Å². The molecule has 0 bridgehead atoms. The highest BCUT2D eigenvalue weighted by molar-refractivity contribution is 5.78. The quantitative estimate of drug-likeness (QED) is 0.625. The molecular weight excluding hydrogens is 348 g/mol. The van der Waals surface area contributed by atoms with Crippen molar-refractivity contribution in [2.24, 2.45) is 0 Å². The number of likely N-dealkylation sites (tertiary alicyclic amines) is 1. The summed E-state index contributed by atoms with van der Waals surface area (Å²) in [6.07, 6.45) is 4.03. The number of imidazole rings is 1. The van der Waals surface area contributed by atoms with Crippen LogP contribution in [0.25, 0.3) is 11.0 Å². The maximum absolute atomic E-state index is 5.53. The van der Waals surface area contributed by atoms with E-state index in [-0.39, 0.29) is 0 Å². The second kappa shape index (κ2) is 9.11. The largest absolute Gasteiger partial charge is 0.494 e. The van der Waals surface area contributed by atoms with Crippen LogP contribution >= 0.6 is 0 Å². The molecule has 0 amide bonds. The number of benzene rings is 2. The third kappa shape index (κ3) is 4.47. The maximum atomic E-state index is 5.53. The van der Waals surface area contributed by atoms with Crippen LogP contribution in [0.4, 0.5) is 5.95 Å². The third-order valence-electron chi connectivity index (χ3n) is 5.43. The molecule has 0 unspecified atom stereocenters. The number of rotatable bonds is 8. The first-order valence-electron chi connectivity index (χ1n) is 10.5. The minimum absolute atomic E-state index is 0.693. The van der Waals surface area contributed by atoms with Crippen LogP contribution in [-0.2, 0) is 13.1 Å². The van der Waals surface area contributed by atoms with Gasteiger partial charge in [0.15, 0.2) is 0 Å². The number of aromatic nitrogens is 2. The topological polar surface area (TPSA) is 42.3 Å². The van der Waals surface area contributed by atoms with E-state index in [2.05, 4.69) is 51.2 Å². The Labute approximate surface area is 167 Å². The lowest BCUT2D eigenvalue weighted by Gasteiger charge is -2.26. The van der Waals surface area contributed by atoms with Gasteiger partial charge in [-0.25, -0.2) is 4.98 Å². The Morgan fingerprint density at radius 3 is 2.54 bits per heavy atom. The Kier molecular flexibility index (Phi) is 6.12. The van der Waals surface area contributed by atoms with E-state index in [1.165, 1.54) is 43.4 Å². The van der Waals surface area contributed by atoms with Crippen molar-refractivity contribution in [2.45, 2.75) is 39.3 Å². The molecule has 148 valence electrons. The fourth-order valence-corrected chi connectivity index (χ4v) is 3.91. The van der Waals surface area contributed by atoms with E-state index in [1.807, 2.05) is 19.1 Å². The van der Waals surface area contributed by atoms with Crippen LogP contribution in [0.1, 0.15) is 31.7 Å². The molecule has 5 heteroatoms. The highest BCUT2D eigenvalue weighted by atomic mass is 16.5. The van der Waals surface area contributed by atoms with Gasteiger partial charge in [-0.05, 0) is 62.7 Å². The summed E-state index contributed by atoms with van der Waals surface area (Å²) in [7, 11) is 0. The standard InChI is InChI=1S/C23H30N4O/c1-2-28-20-12-10-19(11-13-20)18-24-23-25-21-8-4-5-9-22(21)27(23)17-16-26-14-6-3-7-15-26/h4-5,8-13H,2-3,6-7,14-18H2,1H3,(H,24,25). The summed E-state index contributed by atoms with van der Waals surface area (Å²) in [5, 5.41) is 3.55. The Morgan fingerprint density at radius 2 is 1.75 bits per heavy atom. The first-order valence-corrected chi connectivity index (χ1v) is 10.5. The summed E-state index contributed by atoms with van der Waals surface area (Å²) in [6, 6.07) is 16.7. The molecule has 4 rings (SSSR count). The molecule has 1 aromatic heterocycles. The molecule has 0 saturated carbocycles. The van der Waals surface area contributed by atoms with E-state index in [9.17, 15) is 0 Å². The van der Waals surface area contributed by atoms with Crippen LogP contribution in [0, 0.1) is 0 Å². The molecule has 0 aliphatic carbocycles. The van der Waals surface area contributed by atoms with Gasteiger partial charge in [0.1, 0.15) is 5.75 Å². The summed E-state index contributed by atoms with van der Waals surface area (Å²) < 4.78 is 7.86. The Hall–Kier alpha value is -2.53. The fourth-order valence-electron chi connectivity index (χ4n) is 3.91. The first kappa shape index (κ1) is 18.8. The predicted molar refractivity (Wildman–Crippen MR) is 115 cm³/mol. The van der Waals surface area contributed by atoms with Crippen LogP contribution in [0.5, 0.6) is 5.75 Å². The number of nitrogens with zero attached hydrogens (tertiary/aromatic N) is 3. The van der Waals surface area contributed by atoms with Gasteiger partial charge < -0.3 is 19.5 Å². The summed E-state index contributed by atoms with van der Waals surface area (Å²) in [5.41, 5.74) is 3.47. The van der Waals surface area contributed by atoms with Crippen LogP contribution in [0.15, 0.2) is 48.5 Å². The van der Waals surface area contributed by atoms with Crippen molar-refractivity contribution in [3.63, 3.8) is 0 Å². The summed E-state index contributed by atoms with van der Waals surface area (Å²) in [6.45, 7) is 7.94. The molecule has 1 aliphatic heterocycles. The van der Waals surface area contributed by atoms with E-state index in [1.54, 1.807) is 0 Å². The van der Waals surface area contributed by atoms with E-state index >= 15 is 0 Å². The van der Waals surface area contributed by atoms with Crippen molar-refractivity contribution in [1.29, 1.82) is 0 Å². The van der Waals surface area contributed by atoms with E-state index < -0.39 is 0 Å². The van der Waals surface area contributed by atoms with Crippen molar-refractivity contribution in [3.05, 3.63) is 54.1 Å². The van der Waals surface area contributed by atoms with Gasteiger partial charge in [0.05, 0.1) is 17.6 Å². The van der Waals surface area contributed by atoms with Gasteiger partial charge in [-0.3, -0.25) is 0 Å². The van der Waals surface area contributed by atoms with Crippen LogP contribution in [0.3, 0.4) is 0 Å². The number of nitrogens with one attached hydrogen (secondary N) is 1. The molecule has 1 fully saturated rings. The first-order chi connectivity index (χ1) is 13.8. The number of ether oxygens (including phenoxy) is 1. The number of anilines is 1.